The molecule has 0 heterocycles. The molecule has 1 aliphatic rings. The fourth-order valence-electron chi connectivity index (χ4n) is 2.81. The largest absolute Gasteiger partial charge is 0.389 e. The van der Waals surface area contributed by atoms with Gasteiger partial charge in [0.1, 0.15) is 5.82 Å². The summed E-state index contributed by atoms with van der Waals surface area (Å²) >= 11 is 0. The van der Waals surface area contributed by atoms with Gasteiger partial charge in [0.15, 0.2) is 0 Å². The Hall–Kier alpha value is -1.13. The van der Waals surface area contributed by atoms with Gasteiger partial charge in [0.05, 0.1) is 17.4 Å². The summed E-state index contributed by atoms with van der Waals surface area (Å²) in [5.74, 6) is -0.359. The summed E-state index contributed by atoms with van der Waals surface area (Å²) in [4.78, 5) is 1.76. The van der Waals surface area contributed by atoms with Gasteiger partial charge in [-0.25, -0.2) is 4.39 Å². The van der Waals surface area contributed by atoms with Crippen molar-refractivity contribution in [2.75, 3.05) is 18.5 Å². The molecule has 1 aromatic rings. The number of aliphatic hydroxyl groups is 2. The van der Waals surface area contributed by atoms with E-state index in [0.29, 0.717) is 17.8 Å². The van der Waals surface area contributed by atoms with Crippen LogP contribution in [0.25, 0.3) is 0 Å². The van der Waals surface area contributed by atoms with Gasteiger partial charge >= 0.3 is 0 Å². The first kappa shape index (κ1) is 14.3. The lowest BCUT2D eigenvalue weighted by atomic mass is 10.0. The van der Waals surface area contributed by atoms with Gasteiger partial charge in [0.25, 0.3) is 0 Å². The molecule has 1 aromatic carbocycles. The molecule has 0 aliphatic heterocycles. The Balaban J connectivity index is 2.12. The standard InChI is InChI=1S/C15H22FNO2/c1-11(18)12-5-6-14(13(16)9-12)17(2)10-15(19)7-3-4-8-15/h5-6,9,11,18-19H,3-4,7-8,10H2,1-2H3/t11-/m1/s1. The summed E-state index contributed by atoms with van der Waals surface area (Å²) < 4.78 is 14.0. The zero-order valence-electron chi connectivity index (χ0n) is 11.6. The second-order valence-corrected chi connectivity index (χ2v) is 5.67. The second kappa shape index (κ2) is 5.47. The Morgan fingerprint density at radius 2 is 2.00 bits per heavy atom. The maximum Gasteiger partial charge on any atom is 0.146 e. The van der Waals surface area contributed by atoms with Crippen molar-refractivity contribution in [2.24, 2.45) is 0 Å². The third-order valence-corrected chi connectivity index (χ3v) is 3.93. The SMILES string of the molecule is C[C@@H](O)c1ccc(N(C)CC2(O)CCCC2)c(F)c1. The molecule has 106 valence electrons. The molecule has 1 saturated carbocycles. The van der Waals surface area contributed by atoms with Crippen molar-refractivity contribution in [2.45, 2.75) is 44.3 Å². The Labute approximate surface area is 113 Å². The molecule has 0 spiro atoms. The lowest BCUT2D eigenvalue weighted by molar-refractivity contribution is 0.0558. The molecular weight excluding hydrogens is 245 g/mol. The van der Waals surface area contributed by atoms with E-state index >= 15 is 0 Å². The molecule has 0 amide bonds. The van der Waals surface area contributed by atoms with Crippen LogP contribution in [0.2, 0.25) is 0 Å². The van der Waals surface area contributed by atoms with Crippen LogP contribution in [0.3, 0.4) is 0 Å². The highest BCUT2D eigenvalue weighted by atomic mass is 19.1. The zero-order chi connectivity index (χ0) is 14.0. The second-order valence-electron chi connectivity index (χ2n) is 5.67. The molecule has 1 aliphatic carbocycles. The molecule has 0 saturated heterocycles. The summed E-state index contributed by atoms with van der Waals surface area (Å²) in [6.45, 7) is 2.05. The minimum Gasteiger partial charge on any atom is -0.389 e. The Morgan fingerprint density at radius 3 is 2.53 bits per heavy atom. The van der Waals surface area contributed by atoms with E-state index in [1.54, 1.807) is 31.0 Å². The summed E-state index contributed by atoms with van der Waals surface area (Å²) in [5.41, 5.74) is 0.336. The first-order valence-electron chi connectivity index (χ1n) is 6.82. The average Bonchev–Trinajstić information content (AvgIpc) is 2.75. The topological polar surface area (TPSA) is 43.7 Å². The molecule has 1 fully saturated rings. The number of benzene rings is 1. The van der Waals surface area contributed by atoms with Gasteiger partial charge in [-0.3, -0.25) is 0 Å². The molecular formula is C15H22FNO2. The Morgan fingerprint density at radius 1 is 1.37 bits per heavy atom. The molecule has 19 heavy (non-hydrogen) atoms. The number of nitrogens with zero attached hydrogens (tertiary/aromatic N) is 1. The van der Waals surface area contributed by atoms with Crippen molar-refractivity contribution in [3.8, 4) is 0 Å². The van der Waals surface area contributed by atoms with Crippen LogP contribution in [0, 0.1) is 5.82 Å². The van der Waals surface area contributed by atoms with Crippen LogP contribution in [0.4, 0.5) is 10.1 Å². The number of aliphatic hydroxyl groups excluding tert-OH is 1. The highest BCUT2D eigenvalue weighted by molar-refractivity contribution is 5.49. The number of likely N-dealkylation sites (N-methyl/N-ethyl adjacent to an activating group) is 1. The van der Waals surface area contributed by atoms with E-state index in [9.17, 15) is 14.6 Å². The quantitative estimate of drug-likeness (QED) is 0.881. The highest BCUT2D eigenvalue weighted by Crippen LogP contribution is 2.32. The van der Waals surface area contributed by atoms with E-state index in [1.165, 1.54) is 6.07 Å². The van der Waals surface area contributed by atoms with Crippen LogP contribution in [0.5, 0.6) is 0 Å². The maximum absolute atomic E-state index is 14.0. The fourth-order valence-corrected chi connectivity index (χ4v) is 2.81. The maximum atomic E-state index is 14.0. The van der Waals surface area contributed by atoms with Crippen LogP contribution in [0.1, 0.15) is 44.3 Å². The fraction of sp³-hybridized carbons (Fsp3) is 0.600. The number of hydrogen-bond donors (Lipinski definition) is 2. The van der Waals surface area contributed by atoms with Crippen molar-refractivity contribution < 1.29 is 14.6 Å². The third-order valence-electron chi connectivity index (χ3n) is 3.93. The van der Waals surface area contributed by atoms with Crippen molar-refractivity contribution in [1.29, 1.82) is 0 Å². The Kier molecular flexibility index (Phi) is 4.11. The number of halogens is 1. The summed E-state index contributed by atoms with van der Waals surface area (Å²) in [6.07, 6.45) is 2.96. The van der Waals surface area contributed by atoms with E-state index in [4.69, 9.17) is 0 Å². The molecule has 2 N–H and O–H groups in total. The van der Waals surface area contributed by atoms with Gasteiger partial charge in [-0.05, 0) is 37.5 Å². The van der Waals surface area contributed by atoms with Crippen LogP contribution in [-0.4, -0.2) is 29.4 Å². The van der Waals surface area contributed by atoms with Crippen LogP contribution in [-0.2, 0) is 0 Å². The van der Waals surface area contributed by atoms with Gasteiger partial charge < -0.3 is 15.1 Å². The third kappa shape index (κ3) is 3.25. The van der Waals surface area contributed by atoms with Crippen molar-refractivity contribution in [3.05, 3.63) is 29.6 Å². The summed E-state index contributed by atoms with van der Waals surface area (Å²) in [5, 5.41) is 19.8. The van der Waals surface area contributed by atoms with Gasteiger partial charge in [-0.1, -0.05) is 18.9 Å². The number of anilines is 1. The van der Waals surface area contributed by atoms with Gasteiger partial charge in [-0.15, -0.1) is 0 Å². The Bertz CT molecular complexity index is 442. The molecule has 1 atom stereocenters. The lowest BCUT2D eigenvalue weighted by Gasteiger charge is -2.30. The van der Waals surface area contributed by atoms with Crippen molar-refractivity contribution in [3.63, 3.8) is 0 Å². The van der Waals surface area contributed by atoms with Gasteiger partial charge in [0.2, 0.25) is 0 Å². The number of hydrogen-bond acceptors (Lipinski definition) is 3. The van der Waals surface area contributed by atoms with Gasteiger partial charge in [0, 0.05) is 13.6 Å². The predicted molar refractivity (Wildman–Crippen MR) is 73.7 cm³/mol. The summed E-state index contributed by atoms with van der Waals surface area (Å²) in [6, 6.07) is 4.74. The minimum atomic E-state index is -0.690. The van der Waals surface area contributed by atoms with Crippen LogP contribution >= 0.6 is 0 Å². The first-order chi connectivity index (χ1) is 8.91. The molecule has 0 aromatic heterocycles. The minimum absolute atomic E-state index is 0.359. The van der Waals surface area contributed by atoms with Crippen LogP contribution in [0.15, 0.2) is 18.2 Å². The van der Waals surface area contributed by atoms with Crippen molar-refractivity contribution in [1.82, 2.24) is 0 Å². The monoisotopic (exact) mass is 267 g/mol. The van der Waals surface area contributed by atoms with E-state index in [0.717, 1.165) is 25.7 Å². The molecule has 3 nitrogen and oxygen atoms in total. The van der Waals surface area contributed by atoms with Crippen LogP contribution < -0.4 is 4.90 Å². The van der Waals surface area contributed by atoms with E-state index in [2.05, 4.69) is 0 Å². The summed E-state index contributed by atoms with van der Waals surface area (Å²) in [7, 11) is 1.79. The normalized spacial score (nSPS) is 19.4. The predicted octanol–water partition coefficient (Wildman–Crippen LogP) is 2.62. The highest BCUT2D eigenvalue weighted by Gasteiger charge is 2.32. The first-order valence-corrected chi connectivity index (χ1v) is 6.82. The molecule has 0 unspecified atom stereocenters. The average molecular weight is 267 g/mol. The molecule has 0 radical (unpaired) electrons. The number of rotatable bonds is 4. The smallest absolute Gasteiger partial charge is 0.146 e. The molecule has 4 heteroatoms. The van der Waals surface area contributed by atoms with Gasteiger partial charge in [-0.2, -0.15) is 0 Å². The van der Waals surface area contributed by atoms with E-state index < -0.39 is 11.7 Å². The van der Waals surface area contributed by atoms with E-state index in [1.807, 2.05) is 0 Å². The van der Waals surface area contributed by atoms with Crippen molar-refractivity contribution >= 4 is 5.69 Å². The van der Waals surface area contributed by atoms with E-state index in [-0.39, 0.29) is 5.82 Å². The lowest BCUT2D eigenvalue weighted by Crippen LogP contribution is -2.39. The molecule has 0 bridgehead atoms. The zero-order valence-corrected chi connectivity index (χ0v) is 11.6. The molecule has 2 rings (SSSR count).